The number of nitrogens with one attached hydrogen (secondary N) is 1. The molecule has 116 valence electrons. The van der Waals surface area contributed by atoms with Gasteiger partial charge in [0.2, 0.25) is 0 Å². The standard InChI is InChI=1S/C13H11IN2O5S/c1-21-13-7-6-11(8-12(13)16(17)18)22(19,20)15-10-4-2-9(14)3-5-10/h2-8,15H,1H3. The summed E-state index contributed by atoms with van der Waals surface area (Å²) >= 11 is 2.10. The summed E-state index contributed by atoms with van der Waals surface area (Å²) in [6, 6.07) is 10.2. The van der Waals surface area contributed by atoms with Crippen LogP contribution < -0.4 is 9.46 Å². The molecule has 0 radical (unpaired) electrons. The maximum absolute atomic E-state index is 12.3. The average Bonchev–Trinajstić information content (AvgIpc) is 2.48. The van der Waals surface area contributed by atoms with Crippen molar-refractivity contribution in [1.82, 2.24) is 0 Å². The van der Waals surface area contributed by atoms with Crippen LogP contribution in [0, 0.1) is 13.7 Å². The molecule has 0 fully saturated rings. The highest BCUT2D eigenvalue weighted by Crippen LogP contribution is 2.30. The molecule has 2 aromatic carbocycles. The predicted molar refractivity (Wildman–Crippen MR) is 89.6 cm³/mol. The van der Waals surface area contributed by atoms with E-state index in [4.69, 9.17) is 4.74 Å². The second-order valence-electron chi connectivity index (χ2n) is 4.20. The third-order valence-electron chi connectivity index (χ3n) is 2.75. The number of ether oxygens (including phenoxy) is 1. The molecule has 0 heterocycles. The smallest absolute Gasteiger partial charge is 0.312 e. The summed E-state index contributed by atoms with van der Waals surface area (Å²) in [7, 11) is -2.64. The molecule has 7 nitrogen and oxygen atoms in total. The van der Waals surface area contributed by atoms with E-state index in [9.17, 15) is 18.5 Å². The lowest BCUT2D eigenvalue weighted by molar-refractivity contribution is -0.386. The molecule has 2 rings (SSSR count). The first-order valence-electron chi connectivity index (χ1n) is 5.94. The molecule has 0 amide bonds. The lowest BCUT2D eigenvalue weighted by atomic mass is 10.3. The molecule has 1 N–H and O–H groups in total. The van der Waals surface area contributed by atoms with Crippen molar-refractivity contribution < 1.29 is 18.1 Å². The quantitative estimate of drug-likeness (QED) is 0.443. The zero-order chi connectivity index (χ0) is 16.3. The molecule has 2 aromatic rings. The molecule has 0 aromatic heterocycles. The number of sulfonamides is 1. The van der Waals surface area contributed by atoms with Gasteiger partial charge in [-0.05, 0) is 59.0 Å². The van der Waals surface area contributed by atoms with Crippen LogP contribution in [0.3, 0.4) is 0 Å². The van der Waals surface area contributed by atoms with E-state index in [1.165, 1.54) is 19.2 Å². The third-order valence-corrected chi connectivity index (χ3v) is 4.85. The van der Waals surface area contributed by atoms with Gasteiger partial charge in [-0.2, -0.15) is 0 Å². The van der Waals surface area contributed by atoms with E-state index in [2.05, 4.69) is 27.3 Å². The van der Waals surface area contributed by atoms with Crippen molar-refractivity contribution in [1.29, 1.82) is 0 Å². The fourth-order valence-electron chi connectivity index (χ4n) is 1.71. The SMILES string of the molecule is COc1ccc(S(=O)(=O)Nc2ccc(I)cc2)cc1[N+](=O)[O-]. The van der Waals surface area contributed by atoms with Gasteiger partial charge in [-0.1, -0.05) is 0 Å². The van der Waals surface area contributed by atoms with E-state index in [-0.39, 0.29) is 10.6 Å². The first-order chi connectivity index (χ1) is 10.3. The van der Waals surface area contributed by atoms with Crippen LogP contribution in [-0.2, 0) is 10.0 Å². The highest BCUT2D eigenvalue weighted by atomic mass is 127. The zero-order valence-corrected chi connectivity index (χ0v) is 14.3. The van der Waals surface area contributed by atoms with Crippen molar-refractivity contribution in [2.45, 2.75) is 4.90 Å². The normalized spacial score (nSPS) is 11.0. The Labute approximate surface area is 140 Å². The summed E-state index contributed by atoms with van der Waals surface area (Å²) in [5.74, 6) is -0.00165. The minimum atomic E-state index is -3.92. The molecule has 0 bridgehead atoms. The number of nitro groups is 1. The minimum Gasteiger partial charge on any atom is -0.490 e. The van der Waals surface area contributed by atoms with Crippen LogP contribution in [-0.4, -0.2) is 20.5 Å². The molecule has 0 saturated carbocycles. The monoisotopic (exact) mass is 434 g/mol. The molecule has 9 heteroatoms. The maximum atomic E-state index is 12.3. The van der Waals surface area contributed by atoms with Gasteiger partial charge >= 0.3 is 5.69 Å². The van der Waals surface area contributed by atoms with Gasteiger partial charge in [-0.15, -0.1) is 0 Å². The second-order valence-corrected chi connectivity index (χ2v) is 7.13. The van der Waals surface area contributed by atoms with E-state index in [0.29, 0.717) is 5.69 Å². The summed E-state index contributed by atoms with van der Waals surface area (Å²) in [5.41, 5.74) is -0.0353. The summed E-state index contributed by atoms with van der Waals surface area (Å²) in [5, 5.41) is 11.0. The fourth-order valence-corrected chi connectivity index (χ4v) is 3.15. The van der Waals surface area contributed by atoms with Crippen LogP contribution in [0.25, 0.3) is 0 Å². The minimum absolute atomic E-state index is 0.00165. The first-order valence-corrected chi connectivity index (χ1v) is 8.50. The second kappa shape index (κ2) is 6.48. The number of nitro benzene ring substituents is 1. The van der Waals surface area contributed by atoms with Gasteiger partial charge in [0.1, 0.15) is 0 Å². The number of hydrogen-bond acceptors (Lipinski definition) is 5. The summed E-state index contributed by atoms with van der Waals surface area (Å²) in [6.07, 6.45) is 0. The van der Waals surface area contributed by atoms with Crippen LogP contribution in [0.1, 0.15) is 0 Å². The lowest BCUT2D eigenvalue weighted by Gasteiger charge is -2.09. The van der Waals surface area contributed by atoms with Crippen molar-refractivity contribution in [3.63, 3.8) is 0 Å². The number of nitrogens with zero attached hydrogens (tertiary/aromatic N) is 1. The largest absolute Gasteiger partial charge is 0.490 e. The number of hydrogen-bond donors (Lipinski definition) is 1. The Hall–Kier alpha value is -1.88. The third kappa shape index (κ3) is 3.65. The highest BCUT2D eigenvalue weighted by Gasteiger charge is 2.22. The summed E-state index contributed by atoms with van der Waals surface area (Å²) in [6.45, 7) is 0. The average molecular weight is 434 g/mol. The Kier molecular flexibility index (Phi) is 4.86. The van der Waals surface area contributed by atoms with Gasteiger partial charge in [0.15, 0.2) is 5.75 Å². The molecule has 0 atom stereocenters. The Morgan fingerprint density at radius 3 is 2.36 bits per heavy atom. The Bertz CT molecular complexity index is 806. The molecule has 0 unspecified atom stereocenters. The van der Waals surface area contributed by atoms with Crippen LogP contribution in [0.2, 0.25) is 0 Å². The molecule has 0 aliphatic rings. The molecule has 0 spiro atoms. The van der Waals surface area contributed by atoms with E-state index in [1.54, 1.807) is 24.3 Å². The van der Waals surface area contributed by atoms with Gasteiger partial charge in [0, 0.05) is 15.3 Å². The van der Waals surface area contributed by atoms with Gasteiger partial charge < -0.3 is 4.74 Å². The van der Waals surface area contributed by atoms with Crippen LogP contribution in [0.15, 0.2) is 47.4 Å². The number of rotatable bonds is 5. The van der Waals surface area contributed by atoms with Crippen molar-refractivity contribution in [2.24, 2.45) is 0 Å². The number of halogens is 1. The first kappa shape index (κ1) is 16.5. The van der Waals surface area contributed by atoms with E-state index in [0.717, 1.165) is 9.64 Å². The van der Waals surface area contributed by atoms with E-state index in [1.807, 2.05) is 0 Å². The fraction of sp³-hybridized carbons (Fsp3) is 0.0769. The van der Waals surface area contributed by atoms with E-state index >= 15 is 0 Å². The Balaban J connectivity index is 2.39. The molecule has 0 saturated heterocycles. The molecule has 0 aliphatic heterocycles. The summed E-state index contributed by atoms with van der Waals surface area (Å²) < 4.78 is 32.7. The van der Waals surface area contributed by atoms with Crippen LogP contribution >= 0.6 is 22.6 Å². The van der Waals surface area contributed by atoms with Gasteiger partial charge in [-0.3, -0.25) is 14.8 Å². The zero-order valence-electron chi connectivity index (χ0n) is 11.3. The van der Waals surface area contributed by atoms with Crippen molar-refractivity contribution in [2.75, 3.05) is 11.8 Å². The van der Waals surface area contributed by atoms with Crippen molar-refractivity contribution >= 4 is 44.0 Å². The lowest BCUT2D eigenvalue weighted by Crippen LogP contribution is -2.13. The number of methoxy groups -OCH3 is 1. The molecule has 0 aliphatic carbocycles. The van der Waals surface area contributed by atoms with Crippen molar-refractivity contribution in [3.05, 3.63) is 56.1 Å². The molecular formula is C13H11IN2O5S. The van der Waals surface area contributed by atoms with Gasteiger partial charge in [0.25, 0.3) is 10.0 Å². The maximum Gasteiger partial charge on any atom is 0.312 e. The number of benzene rings is 2. The Morgan fingerprint density at radius 1 is 1.18 bits per heavy atom. The van der Waals surface area contributed by atoms with Crippen molar-refractivity contribution in [3.8, 4) is 5.75 Å². The highest BCUT2D eigenvalue weighted by molar-refractivity contribution is 14.1. The number of anilines is 1. The topological polar surface area (TPSA) is 98.5 Å². The molecule has 22 heavy (non-hydrogen) atoms. The summed E-state index contributed by atoms with van der Waals surface area (Å²) in [4.78, 5) is 10.1. The van der Waals surface area contributed by atoms with Crippen LogP contribution in [0.4, 0.5) is 11.4 Å². The Morgan fingerprint density at radius 2 is 1.82 bits per heavy atom. The van der Waals surface area contributed by atoms with Gasteiger partial charge in [0.05, 0.1) is 16.9 Å². The predicted octanol–water partition coefficient (Wildman–Crippen LogP) is 3.01. The van der Waals surface area contributed by atoms with Gasteiger partial charge in [-0.25, -0.2) is 8.42 Å². The van der Waals surface area contributed by atoms with E-state index < -0.39 is 20.6 Å². The molecular weight excluding hydrogens is 423 g/mol. The van der Waals surface area contributed by atoms with Crippen LogP contribution in [0.5, 0.6) is 5.75 Å².